The molecule has 0 aliphatic carbocycles. The van der Waals surface area contributed by atoms with Gasteiger partial charge in [0.15, 0.2) is 0 Å². The second-order valence-electron chi connectivity index (χ2n) is 5.11. The van der Waals surface area contributed by atoms with Gasteiger partial charge in [-0.05, 0) is 38.5 Å². The third kappa shape index (κ3) is 3.05. The van der Waals surface area contributed by atoms with E-state index in [-0.39, 0.29) is 6.04 Å². The number of benzene rings is 2. The summed E-state index contributed by atoms with van der Waals surface area (Å²) in [5.41, 5.74) is 4.06. The summed E-state index contributed by atoms with van der Waals surface area (Å²) in [4.78, 5) is 0. The molecule has 3 nitrogen and oxygen atoms in total. The van der Waals surface area contributed by atoms with Crippen LogP contribution in [0.4, 0.5) is 5.69 Å². The van der Waals surface area contributed by atoms with Gasteiger partial charge in [-0.2, -0.15) is 0 Å². The van der Waals surface area contributed by atoms with Crippen molar-refractivity contribution in [1.29, 1.82) is 0 Å². The smallest absolute Gasteiger partial charge is 0.124 e. The molecule has 0 amide bonds. The second kappa shape index (κ2) is 5.87. The topological polar surface area (TPSA) is 41.5 Å². The van der Waals surface area contributed by atoms with E-state index in [0.717, 1.165) is 22.6 Å². The Balaban J connectivity index is 2.25. The highest BCUT2D eigenvalue weighted by molar-refractivity contribution is 5.53. The summed E-state index contributed by atoms with van der Waals surface area (Å²) < 4.78 is 5.41. The van der Waals surface area contributed by atoms with Crippen molar-refractivity contribution in [2.75, 3.05) is 12.4 Å². The molecule has 1 unspecified atom stereocenters. The number of nitrogens with one attached hydrogen (secondary N) is 1. The molecule has 0 aromatic heterocycles. The first-order valence-electron chi connectivity index (χ1n) is 6.72. The summed E-state index contributed by atoms with van der Waals surface area (Å²) in [7, 11) is 1.68. The zero-order chi connectivity index (χ0) is 14.7. The number of hydrogen-bond donors (Lipinski definition) is 2. The fourth-order valence-corrected chi connectivity index (χ4v) is 2.22. The van der Waals surface area contributed by atoms with Gasteiger partial charge in [-0.25, -0.2) is 0 Å². The maximum Gasteiger partial charge on any atom is 0.124 e. The Hall–Kier alpha value is -2.16. The van der Waals surface area contributed by atoms with Crippen LogP contribution in [-0.4, -0.2) is 12.2 Å². The summed E-state index contributed by atoms with van der Waals surface area (Å²) in [5.74, 6) is 1.17. The molecule has 0 spiro atoms. The minimum atomic E-state index is 0.0898. The van der Waals surface area contributed by atoms with E-state index in [1.54, 1.807) is 13.2 Å². The van der Waals surface area contributed by atoms with Gasteiger partial charge in [0.25, 0.3) is 0 Å². The SMILES string of the molecule is COc1ccc(C)cc1C(C)Nc1ccc(C)c(O)c1. The minimum Gasteiger partial charge on any atom is -0.508 e. The molecule has 0 saturated heterocycles. The number of ether oxygens (including phenoxy) is 1. The van der Waals surface area contributed by atoms with Crippen LogP contribution in [0.1, 0.15) is 29.7 Å². The molecule has 0 radical (unpaired) electrons. The Morgan fingerprint density at radius 2 is 1.85 bits per heavy atom. The average molecular weight is 271 g/mol. The molecule has 2 rings (SSSR count). The number of methoxy groups -OCH3 is 1. The fraction of sp³-hybridized carbons (Fsp3) is 0.294. The van der Waals surface area contributed by atoms with Crippen LogP contribution >= 0.6 is 0 Å². The maximum atomic E-state index is 9.76. The van der Waals surface area contributed by atoms with Crippen molar-refractivity contribution in [3.63, 3.8) is 0 Å². The number of phenolic OH excluding ortho intramolecular Hbond substituents is 1. The van der Waals surface area contributed by atoms with Crippen molar-refractivity contribution in [3.8, 4) is 11.5 Å². The Labute approximate surface area is 120 Å². The van der Waals surface area contributed by atoms with Gasteiger partial charge in [0.05, 0.1) is 13.2 Å². The van der Waals surface area contributed by atoms with Crippen molar-refractivity contribution in [2.24, 2.45) is 0 Å². The molecule has 2 aromatic rings. The number of hydrogen-bond acceptors (Lipinski definition) is 3. The van der Waals surface area contributed by atoms with E-state index in [1.807, 2.05) is 31.2 Å². The lowest BCUT2D eigenvalue weighted by atomic mass is 10.0. The molecule has 0 aliphatic heterocycles. The Morgan fingerprint density at radius 1 is 1.10 bits per heavy atom. The largest absolute Gasteiger partial charge is 0.508 e. The Bertz CT molecular complexity index is 608. The summed E-state index contributed by atoms with van der Waals surface area (Å²) >= 11 is 0. The van der Waals surface area contributed by atoms with Crippen LogP contribution in [0.25, 0.3) is 0 Å². The molecule has 0 saturated carbocycles. The van der Waals surface area contributed by atoms with E-state index in [1.165, 1.54) is 5.56 Å². The van der Waals surface area contributed by atoms with Gasteiger partial charge in [0, 0.05) is 17.3 Å². The molecule has 1 atom stereocenters. The van der Waals surface area contributed by atoms with E-state index in [0.29, 0.717) is 5.75 Å². The Kier molecular flexibility index (Phi) is 4.18. The lowest BCUT2D eigenvalue weighted by molar-refractivity contribution is 0.408. The first-order chi connectivity index (χ1) is 9.51. The third-order valence-electron chi connectivity index (χ3n) is 3.44. The van der Waals surface area contributed by atoms with Crippen LogP contribution in [-0.2, 0) is 0 Å². The van der Waals surface area contributed by atoms with E-state index in [9.17, 15) is 5.11 Å². The molecule has 0 fully saturated rings. The van der Waals surface area contributed by atoms with Gasteiger partial charge in [-0.3, -0.25) is 0 Å². The third-order valence-corrected chi connectivity index (χ3v) is 3.44. The van der Waals surface area contributed by atoms with Crippen LogP contribution in [0, 0.1) is 13.8 Å². The summed E-state index contributed by atoms with van der Waals surface area (Å²) in [6.45, 7) is 6.02. The zero-order valence-electron chi connectivity index (χ0n) is 12.4. The van der Waals surface area contributed by atoms with Crippen molar-refractivity contribution in [2.45, 2.75) is 26.8 Å². The van der Waals surface area contributed by atoms with Crippen molar-refractivity contribution < 1.29 is 9.84 Å². The zero-order valence-corrected chi connectivity index (χ0v) is 12.4. The maximum absolute atomic E-state index is 9.76. The van der Waals surface area contributed by atoms with Crippen molar-refractivity contribution in [1.82, 2.24) is 0 Å². The average Bonchev–Trinajstić information content (AvgIpc) is 2.43. The molecular weight excluding hydrogens is 250 g/mol. The van der Waals surface area contributed by atoms with Gasteiger partial charge in [-0.15, -0.1) is 0 Å². The lowest BCUT2D eigenvalue weighted by Gasteiger charge is -2.19. The molecular formula is C17H21NO2. The normalized spacial score (nSPS) is 12.0. The van der Waals surface area contributed by atoms with Crippen LogP contribution in [0.3, 0.4) is 0 Å². The molecule has 3 heteroatoms. The Morgan fingerprint density at radius 3 is 2.50 bits per heavy atom. The quantitative estimate of drug-likeness (QED) is 0.876. The van der Waals surface area contributed by atoms with Gasteiger partial charge in [0.1, 0.15) is 11.5 Å². The molecule has 2 aromatic carbocycles. The van der Waals surface area contributed by atoms with Crippen molar-refractivity contribution >= 4 is 5.69 Å². The molecule has 2 N–H and O–H groups in total. The van der Waals surface area contributed by atoms with Crippen LogP contribution in [0.15, 0.2) is 36.4 Å². The first kappa shape index (κ1) is 14.3. The van der Waals surface area contributed by atoms with E-state index < -0.39 is 0 Å². The van der Waals surface area contributed by atoms with Crippen LogP contribution < -0.4 is 10.1 Å². The van der Waals surface area contributed by atoms with E-state index in [4.69, 9.17) is 4.74 Å². The summed E-state index contributed by atoms with van der Waals surface area (Å²) in [5, 5.41) is 13.2. The number of anilines is 1. The first-order valence-corrected chi connectivity index (χ1v) is 6.72. The van der Waals surface area contributed by atoms with Gasteiger partial charge >= 0.3 is 0 Å². The molecule has 0 heterocycles. The van der Waals surface area contributed by atoms with Gasteiger partial charge in [0.2, 0.25) is 0 Å². The number of aryl methyl sites for hydroxylation is 2. The predicted molar refractivity (Wildman–Crippen MR) is 82.6 cm³/mol. The molecule has 0 aliphatic rings. The fourth-order valence-electron chi connectivity index (χ4n) is 2.22. The molecule has 0 bridgehead atoms. The van der Waals surface area contributed by atoms with E-state index >= 15 is 0 Å². The number of phenols is 1. The van der Waals surface area contributed by atoms with Gasteiger partial charge in [-0.1, -0.05) is 23.8 Å². The standard InChI is InChI=1S/C17H21NO2/c1-11-5-8-17(20-4)15(9-11)13(3)18-14-7-6-12(2)16(19)10-14/h5-10,13,18-19H,1-4H3. The van der Waals surface area contributed by atoms with Gasteiger partial charge < -0.3 is 15.2 Å². The molecule has 106 valence electrons. The minimum absolute atomic E-state index is 0.0898. The predicted octanol–water partition coefficient (Wildman–Crippen LogP) is 4.19. The number of rotatable bonds is 4. The number of aromatic hydroxyl groups is 1. The molecule has 20 heavy (non-hydrogen) atoms. The highest BCUT2D eigenvalue weighted by atomic mass is 16.5. The summed E-state index contributed by atoms with van der Waals surface area (Å²) in [6, 6.07) is 11.8. The van der Waals surface area contributed by atoms with E-state index in [2.05, 4.69) is 25.2 Å². The summed E-state index contributed by atoms with van der Waals surface area (Å²) in [6.07, 6.45) is 0. The lowest BCUT2D eigenvalue weighted by Crippen LogP contribution is -2.08. The van der Waals surface area contributed by atoms with Crippen molar-refractivity contribution in [3.05, 3.63) is 53.1 Å². The van der Waals surface area contributed by atoms with Crippen LogP contribution in [0.5, 0.6) is 11.5 Å². The second-order valence-corrected chi connectivity index (χ2v) is 5.11. The van der Waals surface area contributed by atoms with Crippen LogP contribution in [0.2, 0.25) is 0 Å². The monoisotopic (exact) mass is 271 g/mol. The highest BCUT2D eigenvalue weighted by Crippen LogP contribution is 2.30. The highest BCUT2D eigenvalue weighted by Gasteiger charge is 2.12.